The first-order valence-electron chi connectivity index (χ1n) is 8.12. The average Bonchev–Trinajstić information content (AvgIpc) is 2.92. The molecule has 1 saturated carbocycles. The molecule has 0 spiro atoms. The van der Waals surface area contributed by atoms with Crippen LogP contribution in [0.15, 0.2) is 0 Å². The van der Waals surface area contributed by atoms with Crippen molar-refractivity contribution in [2.24, 2.45) is 5.92 Å². The van der Waals surface area contributed by atoms with Crippen LogP contribution in [0.2, 0.25) is 0 Å². The number of fused-ring (bicyclic) bond motifs is 2. The first-order valence-corrected chi connectivity index (χ1v) is 8.94. The van der Waals surface area contributed by atoms with Gasteiger partial charge in [-0.25, -0.2) is 4.98 Å². The van der Waals surface area contributed by atoms with E-state index >= 15 is 0 Å². The zero-order valence-corrected chi connectivity index (χ0v) is 12.8. The lowest BCUT2D eigenvalue weighted by Crippen LogP contribution is -2.46. The van der Waals surface area contributed by atoms with E-state index in [1.54, 1.807) is 11.3 Å². The molecule has 2 atom stereocenters. The van der Waals surface area contributed by atoms with Crippen LogP contribution in [0, 0.1) is 5.92 Å². The Balaban J connectivity index is 1.64. The summed E-state index contributed by atoms with van der Waals surface area (Å²) in [5, 5.41) is 1.14. The van der Waals surface area contributed by atoms with E-state index in [-0.39, 0.29) is 0 Å². The van der Waals surface area contributed by atoms with Gasteiger partial charge in [-0.05, 0) is 44.4 Å². The van der Waals surface area contributed by atoms with Crippen LogP contribution in [0.5, 0.6) is 0 Å². The summed E-state index contributed by atoms with van der Waals surface area (Å²) in [5.74, 6) is 1.20. The van der Waals surface area contributed by atoms with Crippen LogP contribution in [0.4, 0.5) is 5.13 Å². The van der Waals surface area contributed by atoms with Gasteiger partial charge in [0.25, 0.3) is 0 Å². The molecule has 1 aromatic rings. The van der Waals surface area contributed by atoms with Crippen molar-refractivity contribution in [3.8, 4) is 0 Å². The van der Waals surface area contributed by atoms with Gasteiger partial charge in [0.2, 0.25) is 0 Å². The van der Waals surface area contributed by atoms with Crippen LogP contribution in [0.1, 0.15) is 66.7 Å². The number of carbonyl (C=O) groups is 1. The topological polar surface area (TPSA) is 33.2 Å². The largest absolute Gasteiger partial charge is 0.345 e. The van der Waals surface area contributed by atoms with Gasteiger partial charge in [-0.1, -0.05) is 24.2 Å². The molecule has 4 rings (SSSR count). The molecule has 1 aliphatic heterocycles. The fourth-order valence-corrected chi connectivity index (χ4v) is 5.41. The van der Waals surface area contributed by atoms with E-state index in [1.165, 1.54) is 38.5 Å². The van der Waals surface area contributed by atoms with Crippen LogP contribution in [0.3, 0.4) is 0 Å². The molecule has 0 aromatic carbocycles. The molecule has 1 saturated heterocycles. The van der Waals surface area contributed by atoms with Crippen molar-refractivity contribution in [1.82, 2.24) is 4.98 Å². The summed E-state index contributed by atoms with van der Waals surface area (Å²) in [7, 11) is 0. The third-order valence-electron chi connectivity index (χ3n) is 5.25. The molecule has 3 aliphatic rings. The van der Waals surface area contributed by atoms with Crippen molar-refractivity contribution in [3.05, 3.63) is 10.6 Å². The number of Topliss-reactive ketones (excluding diaryl/α,β-unsaturated/α-hetero) is 1. The van der Waals surface area contributed by atoms with Crippen LogP contribution < -0.4 is 4.90 Å². The summed E-state index contributed by atoms with van der Waals surface area (Å²) in [5.41, 5.74) is 1.08. The minimum atomic E-state index is 0.326. The number of aryl methyl sites for hydroxylation is 1. The van der Waals surface area contributed by atoms with E-state index in [2.05, 4.69) is 4.90 Å². The van der Waals surface area contributed by atoms with E-state index in [4.69, 9.17) is 4.98 Å². The maximum atomic E-state index is 12.0. The summed E-state index contributed by atoms with van der Waals surface area (Å²) in [6.07, 6.45) is 10.9. The Kier molecular flexibility index (Phi) is 3.29. The Morgan fingerprint density at radius 1 is 1.05 bits per heavy atom. The highest BCUT2D eigenvalue weighted by Gasteiger charge is 2.35. The monoisotopic (exact) mass is 290 g/mol. The maximum Gasteiger partial charge on any atom is 0.186 e. The summed E-state index contributed by atoms with van der Waals surface area (Å²) in [4.78, 5) is 20.4. The van der Waals surface area contributed by atoms with E-state index in [0.29, 0.717) is 11.8 Å². The fraction of sp³-hybridized carbons (Fsp3) is 0.750. The normalized spacial score (nSPS) is 30.0. The third-order valence-corrected chi connectivity index (χ3v) is 6.42. The molecule has 2 aliphatic carbocycles. The predicted octanol–water partition coefficient (Wildman–Crippen LogP) is 3.82. The van der Waals surface area contributed by atoms with Crippen molar-refractivity contribution in [2.75, 3.05) is 11.4 Å². The van der Waals surface area contributed by atoms with Crippen molar-refractivity contribution in [1.29, 1.82) is 0 Å². The first-order chi connectivity index (χ1) is 9.83. The molecule has 0 radical (unpaired) electrons. The van der Waals surface area contributed by atoms with Gasteiger partial charge < -0.3 is 4.90 Å². The zero-order valence-electron chi connectivity index (χ0n) is 11.9. The smallest absolute Gasteiger partial charge is 0.186 e. The Hall–Kier alpha value is -0.900. The molecule has 20 heavy (non-hydrogen) atoms. The fourth-order valence-electron chi connectivity index (χ4n) is 4.24. The van der Waals surface area contributed by atoms with E-state index < -0.39 is 0 Å². The summed E-state index contributed by atoms with van der Waals surface area (Å²) in [6.45, 7) is 1.14. The van der Waals surface area contributed by atoms with Gasteiger partial charge in [0.15, 0.2) is 10.9 Å². The van der Waals surface area contributed by atoms with E-state index in [9.17, 15) is 4.79 Å². The lowest BCUT2D eigenvalue weighted by molar-refractivity contribution is 0.0976. The summed E-state index contributed by atoms with van der Waals surface area (Å²) in [6, 6.07) is 0.695. The summed E-state index contributed by atoms with van der Waals surface area (Å²) < 4.78 is 0. The molecular formula is C16H22N2OS. The zero-order chi connectivity index (χ0) is 13.5. The number of ketones is 1. The number of hydrogen-bond donors (Lipinski definition) is 0. The lowest BCUT2D eigenvalue weighted by atomic mass is 9.78. The van der Waals surface area contributed by atoms with Crippen LogP contribution in [0.25, 0.3) is 0 Å². The average molecular weight is 290 g/mol. The highest BCUT2D eigenvalue weighted by Crippen LogP contribution is 2.40. The third kappa shape index (κ3) is 2.09. The van der Waals surface area contributed by atoms with Gasteiger partial charge >= 0.3 is 0 Å². The standard InChI is InChI=1S/C16H22N2OS/c19-14-9-3-7-12-15(14)20-16(17-12)18-10-4-6-11-5-1-2-8-13(11)18/h11,13H,1-10H2/t11-,13-/m1/s1. The molecule has 0 bridgehead atoms. The molecule has 0 amide bonds. The Morgan fingerprint density at radius 3 is 2.80 bits per heavy atom. The van der Waals surface area contributed by atoms with Gasteiger partial charge in [0, 0.05) is 19.0 Å². The number of carbonyl (C=O) groups excluding carboxylic acids is 1. The Labute approximate surface area is 124 Å². The van der Waals surface area contributed by atoms with Crippen molar-refractivity contribution in [3.63, 3.8) is 0 Å². The molecule has 0 N–H and O–H groups in total. The number of piperidine rings is 1. The molecule has 4 heteroatoms. The highest BCUT2D eigenvalue weighted by molar-refractivity contribution is 7.17. The molecule has 3 nitrogen and oxygen atoms in total. The number of hydrogen-bond acceptors (Lipinski definition) is 4. The second-order valence-corrected chi connectivity index (χ2v) is 7.47. The highest BCUT2D eigenvalue weighted by atomic mass is 32.1. The van der Waals surface area contributed by atoms with Crippen LogP contribution in [-0.2, 0) is 6.42 Å². The predicted molar refractivity (Wildman–Crippen MR) is 81.7 cm³/mol. The number of rotatable bonds is 1. The summed E-state index contributed by atoms with van der Waals surface area (Å²) >= 11 is 1.67. The van der Waals surface area contributed by atoms with Gasteiger partial charge in [-0.3, -0.25) is 4.79 Å². The number of anilines is 1. The van der Waals surface area contributed by atoms with Crippen LogP contribution in [-0.4, -0.2) is 23.4 Å². The number of thiazole rings is 1. The molecule has 1 aromatic heterocycles. The van der Waals surface area contributed by atoms with Gasteiger partial charge in [0.1, 0.15) is 0 Å². The second-order valence-electron chi connectivity index (χ2n) is 6.50. The molecule has 108 valence electrons. The number of nitrogens with zero attached hydrogens (tertiary/aromatic N) is 2. The van der Waals surface area contributed by atoms with E-state index in [0.717, 1.165) is 47.4 Å². The van der Waals surface area contributed by atoms with Crippen molar-refractivity contribution >= 4 is 22.3 Å². The maximum absolute atomic E-state index is 12.0. The quantitative estimate of drug-likeness (QED) is 0.788. The second kappa shape index (κ2) is 5.14. The van der Waals surface area contributed by atoms with Crippen molar-refractivity contribution in [2.45, 2.75) is 63.8 Å². The lowest BCUT2D eigenvalue weighted by Gasteiger charge is -2.44. The van der Waals surface area contributed by atoms with Gasteiger partial charge in [-0.2, -0.15) is 0 Å². The minimum Gasteiger partial charge on any atom is -0.345 e. The Morgan fingerprint density at radius 2 is 1.90 bits per heavy atom. The van der Waals surface area contributed by atoms with Crippen molar-refractivity contribution < 1.29 is 4.79 Å². The molecule has 2 fully saturated rings. The minimum absolute atomic E-state index is 0.326. The number of aromatic nitrogens is 1. The first kappa shape index (κ1) is 12.8. The van der Waals surface area contributed by atoms with Gasteiger partial charge in [0.05, 0.1) is 10.6 Å². The van der Waals surface area contributed by atoms with E-state index in [1.807, 2.05) is 0 Å². The Bertz CT molecular complexity index is 523. The molecular weight excluding hydrogens is 268 g/mol. The molecule has 2 heterocycles. The molecule has 0 unspecified atom stereocenters. The van der Waals surface area contributed by atoms with Gasteiger partial charge in [-0.15, -0.1) is 0 Å². The SMILES string of the molecule is O=C1CCCc2nc(N3CCC[C@H]4CCCC[C@H]43)sc21. The van der Waals surface area contributed by atoms with Crippen LogP contribution >= 0.6 is 11.3 Å².